The van der Waals surface area contributed by atoms with Gasteiger partial charge in [0, 0.05) is 0 Å². The Morgan fingerprint density at radius 1 is 1.04 bits per heavy atom. The van der Waals surface area contributed by atoms with Crippen molar-refractivity contribution in [2.24, 2.45) is 5.92 Å². The fourth-order valence-corrected chi connectivity index (χ4v) is 2.64. The highest BCUT2D eigenvalue weighted by Crippen LogP contribution is 2.21. The van der Waals surface area contributed by atoms with Gasteiger partial charge in [0.15, 0.2) is 6.61 Å². The van der Waals surface area contributed by atoms with E-state index in [1.54, 1.807) is 0 Å². The molecule has 24 heavy (non-hydrogen) atoms. The number of hydrogen-bond donors (Lipinski definition) is 1. The highest BCUT2D eigenvalue weighted by molar-refractivity contribution is 5.78. The molecule has 0 bridgehead atoms. The maximum absolute atomic E-state index is 12.3. The van der Waals surface area contributed by atoms with Gasteiger partial charge >= 0.3 is 0 Å². The number of ether oxygens (including phenoxy) is 1. The molecule has 1 amide bonds. The largest absolute Gasteiger partial charge is 0.484 e. The Morgan fingerprint density at radius 2 is 1.71 bits per heavy atom. The van der Waals surface area contributed by atoms with E-state index in [2.05, 4.69) is 38.2 Å². The minimum atomic E-state index is -0.0935. The Morgan fingerprint density at radius 3 is 2.29 bits per heavy atom. The second-order valence-electron chi connectivity index (χ2n) is 6.45. The molecule has 2 rings (SSSR count). The number of amides is 1. The van der Waals surface area contributed by atoms with Crippen LogP contribution < -0.4 is 10.1 Å². The van der Waals surface area contributed by atoms with Crippen molar-refractivity contribution in [3.05, 3.63) is 65.7 Å². The van der Waals surface area contributed by atoms with Crippen LogP contribution in [0, 0.1) is 5.92 Å². The molecular formula is C21H27NO2. The molecule has 3 nitrogen and oxygen atoms in total. The highest BCUT2D eigenvalue weighted by atomic mass is 16.5. The molecular weight excluding hydrogens is 298 g/mol. The summed E-state index contributed by atoms with van der Waals surface area (Å²) in [6, 6.07) is 18.0. The Kier molecular flexibility index (Phi) is 6.86. The number of hydrogen-bond acceptors (Lipinski definition) is 2. The Labute approximate surface area is 145 Å². The first-order valence-corrected chi connectivity index (χ1v) is 8.64. The van der Waals surface area contributed by atoms with Gasteiger partial charge in [-0.05, 0) is 42.0 Å². The first kappa shape index (κ1) is 18.1. The van der Waals surface area contributed by atoms with Crippen LogP contribution >= 0.6 is 0 Å². The van der Waals surface area contributed by atoms with Crippen molar-refractivity contribution >= 4 is 5.91 Å². The summed E-state index contributed by atoms with van der Waals surface area (Å²) >= 11 is 0. The highest BCUT2D eigenvalue weighted by Gasteiger charge is 2.16. The molecule has 0 unspecified atom stereocenters. The standard InChI is InChI=1S/C21H27NO2/c1-4-17-10-12-19(13-11-17)24-15-21(23)22-20(14-16(2)3)18-8-6-5-7-9-18/h5-13,16,20H,4,14-15H2,1-3H3,(H,22,23)/t20-/m1/s1. The zero-order valence-electron chi connectivity index (χ0n) is 14.8. The third kappa shape index (κ3) is 5.73. The molecule has 0 aliphatic rings. The topological polar surface area (TPSA) is 38.3 Å². The maximum atomic E-state index is 12.3. The van der Waals surface area contributed by atoms with Crippen LogP contribution in [0.25, 0.3) is 0 Å². The molecule has 0 saturated carbocycles. The van der Waals surface area contributed by atoms with Crippen molar-refractivity contribution in [3.63, 3.8) is 0 Å². The van der Waals surface area contributed by atoms with E-state index in [1.165, 1.54) is 5.56 Å². The van der Waals surface area contributed by atoms with E-state index in [0.717, 1.165) is 24.2 Å². The van der Waals surface area contributed by atoms with Gasteiger partial charge in [-0.3, -0.25) is 4.79 Å². The van der Waals surface area contributed by atoms with E-state index in [0.29, 0.717) is 5.92 Å². The molecule has 1 N–H and O–H groups in total. The van der Waals surface area contributed by atoms with Crippen molar-refractivity contribution in [2.45, 2.75) is 39.7 Å². The summed E-state index contributed by atoms with van der Waals surface area (Å²) in [6.45, 7) is 6.47. The molecule has 2 aromatic rings. The molecule has 3 heteroatoms. The van der Waals surface area contributed by atoms with Crippen LogP contribution in [0.15, 0.2) is 54.6 Å². The lowest BCUT2D eigenvalue weighted by molar-refractivity contribution is -0.124. The smallest absolute Gasteiger partial charge is 0.258 e. The molecule has 1 atom stereocenters. The van der Waals surface area contributed by atoms with E-state index < -0.39 is 0 Å². The Bertz CT molecular complexity index is 620. The fraction of sp³-hybridized carbons (Fsp3) is 0.381. The van der Waals surface area contributed by atoms with Gasteiger partial charge in [0.05, 0.1) is 6.04 Å². The van der Waals surface area contributed by atoms with E-state index in [9.17, 15) is 4.79 Å². The van der Waals surface area contributed by atoms with Gasteiger partial charge in [-0.15, -0.1) is 0 Å². The van der Waals surface area contributed by atoms with Crippen molar-refractivity contribution in [1.82, 2.24) is 5.32 Å². The first-order chi connectivity index (χ1) is 11.6. The summed E-state index contributed by atoms with van der Waals surface area (Å²) in [7, 11) is 0. The molecule has 0 radical (unpaired) electrons. The molecule has 0 heterocycles. The summed E-state index contributed by atoms with van der Waals surface area (Å²) in [6.07, 6.45) is 1.90. The zero-order valence-corrected chi connectivity index (χ0v) is 14.8. The number of rotatable bonds is 8. The molecule has 0 fully saturated rings. The van der Waals surface area contributed by atoms with E-state index in [4.69, 9.17) is 4.74 Å². The van der Waals surface area contributed by atoms with Crippen molar-refractivity contribution in [3.8, 4) is 5.75 Å². The minimum Gasteiger partial charge on any atom is -0.484 e. The summed E-state index contributed by atoms with van der Waals surface area (Å²) in [5.41, 5.74) is 2.39. The van der Waals surface area contributed by atoms with Gasteiger partial charge in [-0.1, -0.05) is 63.2 Å². The van der Waals surface area contributed by atoms with Crippen LogP contribution in [0.4, 0.5) is 0 Å². The van der Waals surface area contributed by atoms with Crippen LogP contribution in [0.5, 0.6) is 5.75 Å². The lowest BCUT2D eigenvalue weighted by Crippen LogP contribution is -2.33. The maximum Gasteiger partial charge on any atom is 0.258 e. The molecule has 0 aliphatic heterocycles. The summed E-state index contributed by atoms with van der Waals surface area (Å²) in [4.78, 5) is 12.3. The molecule has 0 saturated heterocycles. The van der Waals surface area contributed by atoms with Crippen LogP contribution in [-0.4, -0.2) is 12.5 Å². The number of aryl methyl sites for hydroxylation is 1. The van der Waals surface area contributed by atoms with Gasteiger partial charge < -0.3 is 10.1 Å². The average molecular weight is 325 g/mol. The molecule has 0 aliphatic carbocycles. The second kappa shape index (κ2) is 9.11. The Balaban J connectivity index is 1.92. The monoisotopic (exact) mass is 325 g/mol. The zero-order chi connectivity index (χ0) is 17.4. The van der Waals surface area contributed by atoms with Crippen molar-refractivity contribution < 1.29 is 9.53 Å². The number of benzene rings is 2. The summed E-state index contributed by atoms with van der Waals surface area (Å²) in [5, 5.41) is 3.09. The van der Waals surface area contributed by atoms with E-state index >= 15 is 0 Å². The van der Waals surface area contributed by atoms with Crippen molar-refractivity contribution in [2.75, 3.05) is 6.61 Å². The van der Waals surface area contributed by atoms with Crippen molar-refractivity contribution in [1.29, 1.82) is 0 Å². The summed E-state index contributed by atoms with van der Waals surface area (Å²) < 4.78 is 5.60. The average Bonchev–Trinajstić information content (AvgIpc) is 2.60. The Hall–Kier alpha value is -2.29. The first-order valence-electron chi connectivity index (χ1n) is 8.64. The van der Waals surface area contributed by atoms with Crippen LogP contribution in [0.1, 0.15) is 44.4 Å². The minimum absolute atomic E-state index is 0.0183. The van der Waals surface area contributed by atoms with Crippen LogP contribution in [0.3, 0.4) is 0 Å². The number of carbonyl (C=O) groups is 1. The van der Waals surface area contributed by atoms with Gasteiger partial charge in [0.25, 0.3) is 5.91 Å². The molecule has 128 valence electrons. The van der Waals surface area contributed by atoms with E-state index in [1.807, 2.05) is 42.5 Å². The van der Waals surface area contributed by atoms with Crippen LogP contribution in [-0.2, 0) is 11.2 Å². The van der Waals surface area contributed by atoms with Gasteiger partial charge in [-0.25, -0.2) is 0 Å². The van der Waals surface area contributed by atoms with Gasteiger partial charge in [-0.2, -0.15) is 0 Å². The van der Waals surface area contributed by atoms with Crippen LogP contribution in [0.2, 0.25) is 0 Å². The van der Waals surface area contributed by atoms with E-state index in [-0.39, 0.29) is 18.6 Å². The van der Waals surface area contributed by atoms with Gasteiger partial charge in [0.2, 0.25) is 0 Å². The lowest BCUT2D eigenvalue weighted by atomic mass is 9.97. The fourth-order valence-electron chi connectivity index (χ4n) is 2.64. The lowest BCUT2D eigenvalue weighted by Gasteiger charge is -2.21. The molecule has 0 spiro atoms. The predicted octanol–water partition coefficient (Wildman–Crippen LogP) is 4.53. The number of carbonyl (C=O) groups excluding carboxylic acids is 1. The normalized spacial score (nSPS) is 12.0. The predicted molar refractivity (Wildman–Crippen MR) is 98.1 cm³/mol. The molecule has 0 aromatic heterocycles. The second-order valence-corrected chi connectivity index (χ2v) is 6.45. The SMILES string of the molecule is CCc1ccc(OCC(=O)N[C@H](CC(C)C)c2ccccc2)cc1. The summed E-state index contributed by atoms with van der Waals surface area (Å²) in [5.74, 6) is 1.13. The third-order valence-corrected chi connectivity index (χ3v) is 3.95. The quantitative estimate of drug-likeness (QED) is 0.774. The van der Waals surface area contributed by atoms with Gasteiger partial charge in [0.1, 0.15) is 5.75 Å². The number of nitrogens with one attached hydrogen (secondary N) is 1. The molecule has 2 aromatic carbocycles. The third-order valence-electron chi connectivity index (χ3n) is 3.95.